The topological polar surface area (TPSA) is 48.7 Å². The fourth-order valence-corrected chi connectivity index (χ4v) is 2.96. The summed E-state index contributed by atoms with van der Waals surface area (Å²) in [5.74, 6) is -0.512. The van der Waals surface area contributed by atoms with Crippen molar-refractivity contribution in [1.29, 1.82) is 5.26 Å². The lowest BCUT2D eigenvalue weighted by molar-refractivity contribution is 0.624. The molecule has 1 unspecified atom stereocenters. The molecule has 2 aromatic heterocycles. The van der Waals surface area contributed by atoms with Gasteiger partial charge in [-0.1, -0.05) is 6.07 Å². The van der Waals surface area contributed by atoms with E-state index in [1.807, 2.05) is 24.4 Å². The summed E-state index contributed by atoms with van der Waals surface area (Å²) < 4.78 is 14.7. The Hall–Kier alpha value is -2.45. The molecule has 0 aliphatic rings. The third-order valence-corrected chi connectivity index (χ3v) is 4.17. The molecule has 0 aliphatic carbocycles. The molecule has 3 nitrogen and oxygen atoms in total. The zero-order valence-electron chi connectivity index (χ0n) is 11.3. The summed E-state index contributed by atoms with van der Waals surface area (Å²) in [6.45, 7) is 1.96. The van der Waals surface area contributed by atoms with Gasteiger partial charge in [-0.2, -0.15) is 5.26 Å². The summed E-state index contributed by atoms with van der Waals surface area (Å²) in [5.41, 5.74) is 2.50. The Bertz CT molecular complexity index is 835. The first-order valence-corrected chi connectivity index (χ1v) is 7.35. The molecule has 0 spiro atoms. The Morgan fingerprint density at radius 2 is 2.24 bits per heavy atom. The third kappa shape index (κ3) is 2.58. The van der Waals surface area contributed by atoms with E-state index in [0.717, 1.165) is 15.8 Å². The van der Waals surface area contributed by atoms with Crippen molar-refractivity contribution in [2.75, 3.05) is 5.32 Å². The molecule has 0 amide bonds. The van der Waals surface area contributed by atoms with E-state index in [0.29, 0.717) is 5.69 Å². The van der Waals surface area contributed by atoms with Crippen LogP contribution in [0.1, 0.15) is 24.1 Å². The molecule has 1 aromatic carbocycles. The zero-order valence-corrected chi connectivity index (χ0v) is 12.1. The van der Waals surface area contributed by atoms with Gasteiger partial charge >= 0.3 is 0 Å². The molecule has 21 heavy (non-hydrogen) atoms. The Kier molecular flexibility index (Phi) is 3.55. The summed E-state index contributed by atoms with van der Waals surface area (Å²) in [6.07, 6.45) is 1.80. The van der Waals surface area contributed by atoms with Crippen molar-refractivity contribution in [3.05, 3.63) is 58.9 Å². The summed E-state index contributed by atoms with van der Waals surface area (Å²) in [6, 6.07) is 10.4. The number of aromatic nitrogens is 1. The number of hydrogen-bond donors (Lipinski definition) is 1. The first kappa shape index (κ1) is 13.5. The molecular formula is C16H12FN3S. The molecule has 104 valence electrons. The highest BCUT2D eigenvalue weighted by atomic mass is 32.1. The van der Waals surface area contributed by atoms with Crippen LogP contribution in [0.2, 0.25) is 0 Å². The quantitative estimate of drug-likeness (QED) is 0.775. The molecule has 1 N–H and O–H groups in total. The second kappa shape index (κ2) is 5.51. The van der Waals surface area contributed by atoms with E-state index < -0.39 is 5.82 Å². The van der Waals surface area contributed by atoms with Gasteiger partial charge in [0, 0.05) is 6.20 Å². The average Bonchev–Trinajstić information content (AvgIpc) is 2.94. The highest BCUT2D eigenvalue weighted by Crippen LogP contribution is 2.26. The summed E-state index contributed by atoms with van der Waals surface area (Å²) in [7, 11) is 0. The number of hydrogen-bond acceptors (Lipinski definition) is 4. The van der Waals surface area contributed by atoms with Crippen LogP contribution in [-0.2, 0) is 0 Å². The van der Waals surface area contributed by atoms with Crippen LogP contribution < -0.4 is 5.32 Å². The largest absolute Gasteiger partial charge is 0.377 e. The standard InChI is InChI=1S/C16H12FN3S/c1-10(11-7-16-15(19-9-11)5-6-21-16)20-14-4-2-3-13(17)12(14)8-18/h2-7,9-10,20H,1H3. The predicted octanol–water partition coefficient (Wildman–Crippen LogP) is 4.48. The number of nitrogens with one attached hydrogen (secondary N) is 1. The van der Waals surface area contributed by atoms with Crippen LogP contribution in [0.3, 0.4) is 0 Å². The zero-order chi connectivity index (χ0) is 14.8. The van der Waals surface area contributed by atoms with Crippen LogP contribution in [0.15, 0.2) is 41.9 Å². The van der Waals surface area contributed by atoms with Crippen LogP contribution in [0.25, 0.3) is 10.2 Å². The average molecular weight is 297 g/mol. The van der Waals surface area contributed by atoms with E-state index in [1.54, 1.807) is 29.7 Å². The van der Waals surface area contributed by atoms with Crippen molar-refractivity contribution in [1.82, 2.24) is 4.98 Å². The monoisotopic (exact) mass is 297 g/mol. The Morgan fingerprint density at radius 1 is 1.38 bits per heavy atom. The molecule has 3 rings (SSSR count). The molecule has 0 saturated carbocycles. The molecule has 0 aliphatic heterocycles. The van der Waals surface area contributed by atoms with Gasteiger partial charge in [0.15, 0.2) is 0 Å². The van der Waals surface area contributed by atoms with Crippen LogP contribution in [-0.4, -0.2) is 4.98 Å². The van der Waals surface area contributed by atoms with E-state index in [-0.39, 0.29) is 11.6 Å². The number of nitriles is 1. The fourth-order valence-electron chi connectivity index (χ4n) is 2.17. The minimum atomic E-state index is -0.512. The molecule has 1 atom stereocenters. The first-order valence-electron chi connectivity index (χ1n) is 6.47. The molecule has 0 fully saturated rings. The first-order chi connectivity index (χ1) is 10.2. The number of benzene rings is 1. The maximum atomic E-state index is 13.6. The second-order valence-electron chi connectivity index (χ2n) is 4.71. The van der Waals surface area contributed by atoms with E-state index >= 15 is 0 Å². The Balaban J connectivity index is 1.91. The van der Waals surface area contributed by atoms with Gasteiger partial charge in [0.2, 0.25) is 0 Å². The van der Waals surface area contributed by atoms with E-state index in [1.165, 1.54) is 6.07 Å². The highest BCUT2D eigenvalue weighted by Gasteiger charge is 2.12. The van der Waals surface area contributed by atoms with Gasteiger partial charge in [-0.3, -0.25) is 4.98 Å². The van der Waals surface area contributed by atoms with Gasteiger partial charge in [0.05, 0.1) is 21.9 Å². The summed E-state index contributed by atoms with van der Waals surface area (Å²) in [4.78, 5) is 4.40. The second-order valence-corrected chi connectivity index (χ2v) is 5.66. The predicted molar refractivity (Wildman–Crippen MR) is 82.8 cm³/mol. The fraction of sp³-hybridized carbons (Fsp3) is 0.125. The van der Waals surface area contributed by atoms with Crippen LogP contribution in [0.5, 0.6) is 0 Å². The molecule has 0 radical (unpaired) electrons. The van der Waals surface area contributed by atoms with Gasteiger partial charge in [-0.05, 0) is 42.1 Å². The lowest BCUT2D eigenvalue weighted by Gasteiger charge is -2.16. The van der Waals surface area contributed by atoms with Gasteiger partial charge in [0.1, 0.15) is 17.4 Å². The maximum Gasteiger partial charge on any atom is 0.143 e. The van der Waals surface area contributed by atoms with Crippen LogP contribution in [0, 0.1) is 17.1 Å². The van der Waals surface area contributed by atoms with Gasteiger partial charge in [0.25, 0.3) is 0 Å². The normalized spacial score (nSPS) is 12.0. The lowest BCUT2D eigenvalue weighted by Crippen LogP contribution is -2.08. The molecule has 0 saturated heterocycles. The van der Waals surface area contributed by atoms with Crippen molar-refractivity contribution in [2.45, 2.75) is 13.0 Å². The maximum absolute atomic E-state index is 13.6. The number of pyridine rings is 1. The van der Waals surface area contributed by atoms with Crippen LogP contribution >= 0.6 is 11.3 Å². The summed E-state index contributed by atoms with van der Waals surface area (Å²) in [5, 5.41) is 14.2. The highest BCUT2D eigenvalue weighted by molar-refractivity contribution is 7.17. The van der Waals surface area contributed by atoms with Crippen molar-refractivity contribution in [2.24, 2.45) is 0 Å². The Labute approximate surface area is 125 Å². The van der Waals surface area contributed by atoms with E-state index in [2.05, 4.69) is 16.4 Å². The van der Waals surface area contributed by atoms with E-state index in [9.17, 15) is 4.39 Å². The molecular weight excluding hydrogens is 285 g/mol. The van der Waals surface area contributed by atoms with Crippen LogP contribution in [0.4, 0.5) is 10.1 Å². The number of anilines is 1. The minimum Gasteiger partial charge on any atom is -0.377 e. The summed E-state index contributed by atoms with van der Waals surface area (Å²) >= 11 is 1.63. The Morgan fingerprint density at radius 3 is 3.05 bits per heavy atom. The van der Waals surface area contributed by atoms with Gasteiger partial charge in [-0.15, -0.1) is 11.3 Å². The van der Waals surface area contributed by atoms with Gasteiger partial charge in [-0.25, -0.2) is 4.39 Å². The van der Waals surface area contributed by atoms with Gasteiger partial charge < -0.3 is 5.32 Å². The van der Waals surface area contributed by atoms with Crippen molar-refractivity contribution >= 4 is 27.2 Å². The number of halogens is 1. The molecule has 3 aromatic rings. The van der Waals surface area contributed by atoms with E-state index in [4.69, 9.17) is 5.26 Å². The van der Waals surface area contributed by atoms with Crippen molar-refractivity contribution < 1.29 is 4.39 Å². The lowest BCUT2D eigenvalue weighted by atomic mass is 10.1. The number of thiophene rings is 1. The smallest absolute Gasteiger partial charge is 0.143 e. The molecule has 2 heterocycles. The number of rotatable bonds is 3. The van der Waals surface area contributed by atoms with Crippen molar-refractivity contribution in [3.63, 3.8) is 0 Å². The minimum absolute atomic E-state index is 0.0366. The number of fused-ring (bicyclic) bond motifs is 1. The molecule has 0 bridgehead atoms. The number of nitrogens with zero attached hydrogens (tertiary/aromatic N) is 2. The molecule has 5 heteroatoms. The SMILES string of the molecule is CC(Nc1cccc(F)c1C#N)c1cnc2ccsc2c1. The van der Waals surface area contributed by atoms with Crippen molar-refractivity contribution in [3.8, 4) is 6.07 Å². The third-order valence-electron chi connectivity index (χ3n) is 3.32.